The molecule has 8 nitrogen and oxygen atoms in total. The Kier molecular flexibility index (Phi) is 9.17. The number of hydrogen-bond donors (Lipinski definition) is 4. The van der Waals surface area contributed by atoms with Gasteiger partial charge >= 0.3 is 5.97 Å². The molecule has 9 heteroatoms. The van der Waals surface area contributed by atoms with Gasteiger partial charge in [-0.1, -0.05) is 44.2 Å². The zero-order valence-corrected chi connectivity index (χ0v) is 21.2. The molecule has 0 bridgehead atoms. The summed E-state index contributed by atoms with van der Waals surface area (Å²) in [5.41, 5.74) is 1.79. The molecule has 0 aromatic heterocycles. The third-order valence-corrected chi connectivity index (χ3v) is 7.21. The summed E-state index contributed by atoms with van der Waals surface area (Å²) in [5.74, 6) is -1.51. The van der Waals surface area contributed by atoms with Crippen LogP contribution in [0.25, 0.3) is 10.8 Å². The van der Waals surface area contributed by atoms with Gasteiger partial charge in [0.15, 0.2) is 0 Å². The lowest BCUT2D eigenvalue weighted by molar-refractivity contribution is 0.0693. The van der Waals surface area contributed by atoms with E-state index < -0.39 is 16.1 Å². The molecule has 194 valence electrons. The molecule has 0 radical (unpaired) electrons. The second-order valence-corrected chi connectivity index (χ2v) is 10.5. The van der Waals surface area contributed by atoms with Gasteiger partial charge in [-0.25, -0.2) is 4.79 Å². The van der Waals surface area contributed by atoms with E-state index in [1.807, 2.05) is 19.2 Å². The van der Waals surface area contributed by atoms with Crippen LogP contribution in [0.1, 0.15) is 60.9 Å². The quantitative estimate of drug-likeness (QED) is 0.170. The number of carboxylic acid groups (broad SMARTS) is 1. The van der Waals surface area contributed by atoms with Gasteiger partial charge in [0, 0.05) is 30.7 Å². The van der Waals surface area contributed by atoms with Crippen molar-refractivity contribution in [3.05, 3.63) is 59.7 Å². The Morgan fingerprint density at radius 3 is 2.17 bits per heavy atom. The first-order valence-electron chi connectivity index (χ1n) is 12.1. The van der Waals surface area contributed by atoms with Gasteiger partial charge in [-0.05, 0) is 60.5 Å². The SMILES string of the molecule is CN(CCCCCCCCCc1ccc(O)c(C(=O)O)c1)c1ccc2cc(S(=O)(=O)O)cc(O)c2c1. The van der Waals surface area contributed by atoms with E-state index in [0.29, 0.717) is 10.8 Å². The minimum atomic E-state index is -4.39. The molecule has 3 rings (SSSR count). The molecule has 0 aliphatic heterocycles. The minimum absolute atomic E-state index is 0.0516. The van der Waals surface area contributed by atoms with E-state index in [2.05, 4.69) is 4.90 Å². The number of phenols is 2. The number of anilines is 1. The highest BCUT2D eigenvalue weighted by atomic mass is 32.2. The number of unbranched alkanes of at least 4 members (excludes halogenated alkanes) is 6. The lowest BCUT2D eigenvalue weighted by Gasteiger charge is -2.20. The van der Waals surface area contributed by atoms with Gasteiger partial charge in [0.1, 0.15) is 17.1 Å². The molecule has 0 unspecified atom stereocenters. The maximum Gasteiger partial charge on any atom is 0.339 e. The summed E-state index contributed by atoms with van der Waals surface area (Å²) < 4.78 is 31.9. The number of fused-ring (bicyclic) bond motifs is 1. The normalized spacial score (nSPS) is 11.6. The Morgan fingerprint density at radius 2 is 1.50 bits per heavy atom. The molecular weight excluding hydrogens is 482 g/mol. The van der Waals surface area contributed by atoms with Crippen LogP contribution in [0, 0.1) is 0 Å². The van der Waals surface area contributed by atoms with E-state index in [9.17, 15) is 28.0 Å². The van der Waals surface area contributed by atoms with Gasteiger partial charge in [0.05, 0.1) is 4.90 Å². The van der Waals surface area contributed by atoms with Crippen LogP contribution in [0.2, 0.25) is 0 Å². The van der Waals surface area contributed by atoms with Gasteiger partial charge in [0.2, 0.25) is 0 Å². The van der Waals surface area contributed by atoms with Crippen LogP contribution in [-0.4, -0.2) is 47.9 Å². The highest BCUT2D eigenvalue weighted by molar-refractivity contribution is 7.85. The Morgan fingerprint density at radius 1 is 0.833 bits per heavy atom. The maximum absolute atomic E-state index is 11.4. The highest BCUT2D eigenvalue weighted by Crippen LogP contribution is 2.32. The summed E-state index contributed by atoms with van der Waals surface area (Å²) in [6.45, 7) is 0.849. The van der Waals surface area contributed by atoms with Crippen LogP contribution in [0.5, 0.6) is 11.5 Å². The van der Waals surface area contributed by atoms with Crippen molar-refractivity contribution in [3.8, 4) is 11.5 Å². The fourth-order valence-corrected chi connectivity index (χ4v) is 4.82. The summed E-state index contributed by atoms with van der Waals surface area (Å²) in [5, 5.41) is 30.0. The number of aromatic carboxylic acids is 1. The number of nitrogens with zero attached hydrogens (tertiary/aromatic N) is 1. The molecule has 0 heterocycles. The van der Waals surface area contributed by atoms with Crippen molar-refractivity contribution < 1.29 is 33.1 Å². The van der Waals surface area contributed by atoms with Crippen molar-refractivity contribution >= 4 is 32.5 Å². The van der Waals surface area contributed by atoms with Crippen LogP contribution in [-0.2, 0) is 16.5 Å². The smallest absolute Gasteiger partial charge is 0.339 e. The van der Waals surface area contributed by atoms with Crippen LogP contribution in [0.15, 0.2) is 53.4 Å². The number of phenolic OH excluding ortho intramolecular Hbond substituents is 1. The number of carbonyl (C=O) groups is 1. The first kappa shape index (κ1) is 27.3. The number of aromatic hydroxyl groups is 2. The molecule has 0 aliphatic rings. The number of rotatable bonds is 13. The molecule has 0 atom stereocenters. The molecule has 0 aliphatic carbocycles. The second-order valence-electron chi connectivity index (χ2n) is 9.13. The van der Waals surface area contributed by atoms with Crippen molar-refractivity contribution in [2.45, 2.75) is 56.3 Å². The lowest BCUT2D eigenvalue weighted by Crippen LogP contribution is -2.18. The molecular formula is C27H33NO7S. The Balaban J connectivity index is 1.36. The molecule has 0 saturated carbocycles. The average molecular weight is 516 g/mol. The molecule has 36 heavy (non-hydrogen) atoms. The number of carboxylic acids is 1. The Hall–Kier alpha value is -3.30. The van der Waals surface area contributed by atoms with Crippen LogP contribution >= 0.6 is 0 Å². The molecule has 3 aromatic rings. The van der Waals surface area contributed by atoms with E-state index in [1.165, 1.54) is 12.1 Å². The zero-order valence-electron chi connectivity index (χ0n) is 20.4. The Labute approximate surface area is 211 Å². The van der Waals surface area contributed by atoms with Gasteiger partial charge < -0.3 is 20.2 Å². The van der Waals surface area contributed by atoms with E-state index in [4.69, 9.17) is 5.11 Å². The number of aryl methyl sites for hydroxylation is 1. The maximum atomic E-state index is 11.4. The van der Waals surface area contributed by atoms with Gasteiger partial charge in [0.25, 0.3) is 10.1 Å². The fourth-order valence-electron chi connectivity index (χ4n) is 4.29. The van der Waals surface area contributed by atoms with Crippen LogP contribution < -0.4 is 4.90 Å². The zero-order chi connectivity index (χ0) is 26.3. The lowest BCUT2D eigenvalue weighted by atomic mass is 10.0. The average Bonchev–Trinajstić information content (AvgIpc) is 2.82. The van der Waals surface area contributed by atoms with Gasteiger partial charge in [-0.15, -0.1) is 0 Å². The second kappa shape index (κ2) is 12.1. The molecule has 0 spiro atoms. The van der Waals surface area contributed by atoms with E-state index in [0.717, 1.165) is 75.2 Å². The van der Waals surface area contributed by atoms with Gasteiger partial charge in [-0.2, -0.15) is 8.42 Å². The van der Waals surface area contributed by atoms with Crippen LogP contribution in [0.4, 0.5) is 5.69 Å². The summed E-state index contributed by atoms with van der Waals surface area (Å²) in [7, 11) is -2.41. The number of hydrogen-bond acceptors (Lipinski definition) is 6. The van der Waals surface area contributed by atoms with Crippen molar-refractivity contribution in [2.75, 3.05) is 18.5 Å². The fraction of sp³-hybridized carbons (Fsp3) is 0.370. The predicted octanol–water partition coefficient (Wildman–Crippen LogP) is 5.61. The molecule has 0 amide bonds. The minimum Gasteiger partial charge on any atom is -0.507 e. The highest BCUT2D eigenvalue weighted by Gasteiger charge is 2.14. The van der Waals surface area contributed by atoms with Gasteiger partial charge in [-0.3, -0.25) is 4.55 Å². The third kappa shape index (κ3) is 7.35. The molecule has 0 fully saturated rings. The topological polar surface area (TPSA) is 135 Å². The molecule has 4 N–H and O–H groups in total. The van der Waals surface area contributed by atoms with E-state index in [-0.39, 0.29) is 22.0 Å². The van der Waals surface area contributed by atoms with Crippen LogP contribution in [0.3, 0.4) is 0 Å². The summed E-state index contributed by atoms with van der Waals surface area (Å²) >= 11 is 0. The first-order valence-corrected chi connectivity index (χ1v) is 13.5. The van der Waals surface area contributed by atoms with E-state index in [1.54, 1.807) is 18.2 Å². The van der Waals surface area contributed by atoms with Crippen molar-refractivity contribution in [1.82, 2.24) is 0 Å². The number of benzene rings is 3. The Bertz CT molecular complexity index is 1320. The largest absolute Gasteiger partial charge is 0.507 e. The predicted molar refractivity (Wildman–Crippen MR) is 140 cm³/mol. The van der Waals surface area contributed by atoms with Crippen molar-refractivity contribution in [3.63, 3.8) is 0 Å². The first-order chi connectivity index (χ1) is 17.1. The van der Waals surface area contributed by atoms with Crippen molar-refractivity contribution in [2.24, 2.45) is 0 Å². The summed E-state index contributed by atoms with van der Waals surface area (Å²) in [6.07, 6.45) is 8.36. The standard InChI is InChI=1S/C27H33NO7S/c1-28(21-12-11-20-16-22(36(33,34)35)18-26(30)23(20)17-21)14-8-6-4-2-3-5-7-9-19-10-13-25(29)24(15-19)27(31)32/h10-13,15-18,29-30H,2-9,14H2,1H3,(H,31,32)(H,33,34,35). The molecule has 3 aromatic carbocycles. The van der Waals surface area contributed by atoms with E-state index >= 15 is 0 Å². The summed E-state index contributed by atoms with van der Waals surface area (Å²) in [6, 6.07) is 12.6. The molecule has 0 saturated heterocycles. The third-order valence-electron chi connectivity index (χ3n) is 6.38. The monoisotopic (exact) mass is 515 g/mol. The summed E-state index contributed by atoms with van der Waals surface area (Å²) in [4.78, 5) is 12.9. The van der Waals surface area contributed by atoms with Crippen molar-refractivity contribution in [1.29, 1.82) is 0 Å².